The fraction of sp³-hybridized carbons (Fsp3) is 0.462. The summed E-state index contributed by atoms with van der Waals surface area (Å²) in [5.74, 6) is -1.15. The van der Waals surface area contributed by atoms with Crippen LogP contribution in [0.25, 0.3) is 0 Å². The minimum atomic E-state index is -0.653. The van der Waals surface area contributed by atoms with Crippen molar-refractivity contribution in [2.24, 2.45) is 11.5 Å². The molecule has 1 heterocycles. The van der Waals surface area contributed by atoms with E-state index in [9.17, 15) is 14.9 Å². The fourth-order valence-electron chi connectivity index (χ4n) is 2.08. The molecule has 0 aliphatic carbocycles. The van der Waals surface area contributed by atoms with Gasteiger partial charge < -0.3 is 16.4 Å². The van der Waals surface area contributed by atoms with Crippen molar-refractivity contribution in [3.05, 3.63) is 16.8 Å². The van der Waals surface area contributed by atoms with Gasteiger partial charge in [-0.1, -0.05) is 13.8 Å². The topological polar surface area (TPSA) is 139 Å². The Hall–Kier alpha value is -2.69. The van der Waals surface area contributed by atoms with Crippen LogP contribution in [0.2, 0.25) is 0 Å². The molecule has 0 aliphatic rings. The number of carbonyl (C=O) groups is 2. The summed E-state index contributed by atoms with van der Waals surface area (Å²) in [5.41, 5.74) is 12.1. The first kappa shape index (κ1) is 16.4. The molecule has 0 spiro atoms. The molecule has 1 aromatic heterocycles. The second-order valence-corrected chi connectivity index (χ2v) is 4.43. The molecule has 21 heavy (non-hydrogen) atoms. The molecule has 0 aliphatic heterocycles. The first-order valence-electron chi connectivity index (χ1n) is 6.54. The highest BCUT2D eigenvalue weighted by atomic mass is 16.2. The molecule has 0 unspecified atom stereocenters. The van der Waals surface area contributed by atoms with Gasteiger partial charge in [0.1, 0.15) is 11.6 Å². The van der Waals surface area contributed by atoms with Crippen LogP contribution in [-0.2, 0) is 22.4 Å². The van der Waals surface area contributed by atoms with E-state index in [1.165, 1.54) is 4.90 Å². The van der Waals surface area contributed by atoms with Gasteiger partial charge in [0.25, 0.3) is 0 Å². The molecule has 0 fully saturated rings. The maximum absolute atomic E-state index is 11.1. The molecule has 8 heteroatoms. The van der Waals surface area contributed by atoms with Crippen LogP contribution in [0.3, 0.4) is 0 Å². The predicted molar refractivity (Wildman–Crippen MR) is 76.1 cm³/mol. The van der Waals surface area contributed by atoms with Gasteiger partial charge in [0.2, 0.25) is 11.8 Å². The summed E-state index contributed by atoms with van der Waals surface area (Å²) in [4.78, 5) is 23.6. The van der Waals surface area contributed by atoms with E-state index >= 15 is 0 Å². The summed E-state index contributed by atoms with van der Waals surface area (Å²) < 4.78 is 0. The molecule has 8 nitrogen and oxygen atoms in total. The number of aromatic nitrogens is 2. The van der Waals surface area contributed by atoms with Crippen molar-refractivity contribution < 1.29 is 9.59 Å². The smallest absolute Gasteiger partial charge is 0.237 e. The second-order valence-electron chi connectivity index (χ2n) is 4.43. The highest BCUT2D eigenvalue weighted by Gasteiger charge is 2.21. The van der Waals surface area contributed by atoms with E-state index in [2.05, 4.69) is 16.3 Å². The summed E-state index contributed by atoms with van der Waals surface area (Å²) in [6, 6.07) is 2.07. The van der Waals surface area contributed by atoms with Crippen LogP contribution < -0.4 is 16.4 Å². The maximum Gasteiger partial charge on any atom is 0.237 e. The van der Waals surface area contributed by atoms with Crippen LogP contribution in [0.15, 0.2) is 0 Å². The van der Waals surface area contributed by atoms with Gasteiger partial charge in [0, 0.05) is 0 Å². The Bertz CT molecular complexity index is 577. The maximum atomic E-state index is 11.1. The van der Waals surface area contributed by atoms with Gasteiger partial charge >= 0.3 is 0 Å². The summed E-state index contributed by atoms with van der Waals surface area (Å²) in [5, 5.41) is 17.4. The van der Waals surface area contributed by atoms with Crippen molar-refractivity contribution in [2.75, 3.05) is 18.0 Å². The van der Waals surface area contributed by atoms with E-state index in [1.54, 1.807) is 0 Å². The van der Waals surface area contributed by atoms with Crippen LogP contribution in [0.4, 0.5) is 5.82 Å². The quantitative estimate of drug-likeness (QED) is 0.677. The van der Waals surface area contributed by atoms with Gasteiger partial charge in [-0.2, -0.15) is 10.4 Å². The molecule has 0 saturated heterocycles. The lowest BCUT2D eigenvalue weighted by Crippen LogP contribution is -2.41. The van der Waals surface area contributed by atoms with Crippen LogP contribution >= 0.6 is 0 Å². The highest BCUT2D eigenvalue weighted by Crippen LogP contribution is 2.22. The SMILES string of the molecule is CCc1nnc(N(CC(N)=O)CC(N)=O)c(C#N)c1CC. The van der Waals surface area contributed by atoms with E-state index in [0.29, 0.717) is 18.4 Å². The molecule has 4 N–H and O–H groups in total. The van der Waals surface area contributed by atoms with Gasteiger partial charge in [-0.05, 0) is 18.4 Å². The first-order valence-corrected chi connectivity index (χ1v) is 6.54. The number of nitrogens with two attached hydrogens (primary N) is 2. The average molecular weight is 290 g/mol. The Morgan fingerprint density at radius 3 is 2.10 bits per heavy atom. The molecule has 2 amide bonds. The van der Waals surface area contributed by atoms with Gasteiger partial charge in [0.15, 0.2) is 5.82 Å². The molecule has 1 rings (SSSR count). The Morgan fingerprint density at radius 1 is 1.14 bits per heavy atom. The summed E-state index contributed by atoms with van der Waals surface area (Å²) in [7, 11) is 0. The number of rotatable bonds is 7. The van der Waals surface area contributed by atoms with E-state index in [-0.39, 0.29) is 18.9 Å². The first-order chi connectivity index (χ1) is 9.94. The number of hydrogen-bond donors (Lipinski definition) is 2. The third-order valence-electron chi connectivity index (χ3n) is 2.93. The summed E-state index contributed by atoms with van der Waals surface area (Å²) in [6.07, 6.45) is 1.23. The largest absolute Gasteiger partial charge is 0.368 e. The van der Waals surface area contributed by atoms with Crippen molar-refractivity contribution in [3.8, 4) is 6.07 Å². The second kappa shape index (κ2) is 7.19. The van der Waals surface area contributed by atoms with E-state index in [1.807, 2.05) is 13.8 Å². The number of amides is 2. The molecular formula is C13H18N6O2. The van der Waals surface area contributed by atoms with Gasteiger partial charge in [-0.3, -0.25) is 9.59 Å². The monoisotopic (exact) mass is 290 g/mol. The zero-order valence-corrected chi connectivity index (χ0v) is 12.1. The van der Waals surface area contributed by atoms with Crippen molar-refractivity contribution in [3.63, 3.8) is 0 Å². The van der Waals surface area contributed by atoms with Crippen LogP contribution in [0.1, 0.15) is 30.7 Å². The molecule has 0 bridgehead atoms. The summed E-state index contributed by atoms with van der Waals surface area (Å²) in [6.45, 7) is 3.28. The van der Waals surface area contributed by atoms with E-state index in [4.69, 9.17) is 11.5 Å². The normalized spacial score (nSPS) is 9.95. The Balaban J connectivity index is 3.40. The minimum Gasteiger partial charge on any atom is -0.368 e. The van der Waals surface area contributed by atoms with Crippen molar-refractivity contribution in [1.82, 2.24) is 10.2 Å². The zero-order chi connectivity index (χ0) is 16.0. The van der Waals surface area contributed by atoms with Crippen LogP contribution in [0, 0.1) is 11.3 Å². The zero-order valence-electron chi connectivity index (χ0n) is 12.1. The fourth-order valence-corrected chi connectivity index (χ4v) is 2.08. The number of carbonyl (C=O) groups excluding carboxylic acids is 2. The number of hydrogen-bond acceptors (Lipinski definition) is 6. The molecule has 1 aromatic rings. The van der Waals surface area contributed by atoms with Crippen LogP contribution in [0.5, 0.6) is 0 Å². The number of primary amides is 2. The number of nitriles is 1. The lowest BCUT2D eigenvalue weighted by molar-refractivity contribution is -0.117. The Morgan fingerprint density at radius 2 is 1.71 bits per heavy atom. The Kier molecular flexibility index (Phi) is 5.60. The molecule has 0 saturated carbocycles. The number of aryl methyl sites for hydroxylation is 1. The molecular weight excluding hydrogens is 272 g/mol. The lowest BCUT2D eigenvalue weighted by atomic mass is 10.0. The third-order valence-corrected chi connectivity index (χ3v) is 2.93. The standard InChI is InChI=1S/C13H18N6O2/c1-3-8-9(5-14)13(18-17-10(8)4-2)19(6-11(15)20)7-12(16)21/h3-4,6-7H2,1-2H3,(H2,15,20)(H2,16,21). The molecule has 0 atom stereocenters. The highest BCUT2D eigenvalue weighted by molar-refractivity contribution is 5.85. The number of anilines is 1. The number of nitrogens with zero attached hydrogens (tertiary/aromatic N) is 4. The van der Waals surface area contributed by atoms with Gasteiger partial charge in [-0.15, -0.1) is 5.10 Å². The van der Waals surface area contributed by atoms with Crippen molar-refractivity contribution >= 4 is 17.6 Å². The van der Waals surface area contributed by atoms with Crippen molar-refractivity contribution in [2.45, 2.75) is 26.7 Å². The average Bonchev–Trinajstić information content (AvgIpc) is 2.43. The molecule has 0 aromatic carbocycles. The Labute approximate surface area is 122 Å². The van der Waals surface area contributed by atoms with E-state index in [0.717, 1.165) is 11.3 Å². The minimum absolute atomic E-state index is 0.157. The lowest BCUT2D eigenvalue weighted by Gasteiger charge is -2.22. The third kappa shape index (κ3) is 3.89. The molecule has 112 valence electrons. The summed E-state index contributed by atoms with van der Waals surface area (Å²) >= 11 is 0. The van der Waals surface area contributed by atoms with Crippen LogP contribution in [-0.4, -0.2) is 35.1 Å². The predicted octanol–water partition coefficient (Wildman–Crippen LogP) is -0.750. The van der Waals surface area contributed by atoms with Gasteiger partial charge in [0.05, 0.1) is 18.8 Å². The van der Waals surface area contributed by atoms with Gasteiger partial charge in [-0.25, -0.2) is 0 Å². The molecule has 0 radical (unpaired) electrons. The van der Waals surface area contributed by atoms with Crippen molar-refractivity contribution in [1.29, 1.82) is 5.26 Å². The van der Waals surface area contributed by atoms with E-state index < -0.39 is 11.8 Å².